The summed E-state index contributed by atoms with van der Waals surface area (Å²) in [6.45, 7) is 5.68. The second kappa shape index (κ2) is 10.2. The van der Waals surface area contributed by atoms with Crippen molar-refractivity contribution in [3.8, 4) is 0 Å². The van der Waals surface area contributed by atoms with E-state index in [2.05, 4.69) is 26.1 Å². The van der Waals surface area contributed by atoms with Gasteiger partial charge in [-0.05, 0) is 44.5 Å². The molecular weight excluding hydrogens is 390 g/mol. The largest absolute Gasteiger partial charge is 0.444 e. The number of carbonyl (C=O) groups is 3. The van der Waals surface area contributed by atoms with Crippen LogP contribution in [0.15, 0.2) is 41.2 Å². The number of anilines is 1. The third-order valence-corrected chi connectivity index (χ3v) is 3.61. The van der Waals surface area contributed by atoms with Crippen molar-refractivity contribution >= 4 is 23.6 Å². The molecule has 10 heteroatoms. The molecule has 0 radical (unpaired) electrons. The first-order valence-corrected chi connectivity index (χ1v) is 9.32. The summed E-state index contributed by atoms with van der Waals surface area (Å²) in [6.07, 6.45) is -0.469. The van der Waals surface area contributed by atoms with Gasteiger partial charge in [0.05, 0.1) is 0 Å². The van der Waals surface area contributed by atoms with Crippen molar-refractivity contribution < 1.29 is 19.1 Å². The van der Waals surface area contributed by atoms with Gasteiger partial charge in [0, 0.05) is 31.3 Å². The second-order valence-corrected chi connectivity index (χ2v) is 7.42. The molecule has 30 heavy (non-hydrogen) atoms. The molecule has 2 rings (SSSR count). The Morgan fingerprint density at radius 3 is 2.53 bits per heavy atom. The number of aromatic amines is 1. The Hall–Kier alpha value is -3.69. The molecule has 4 N–H and O–H groups in total. The monoisotopic (exact) mass is 415 g/mol. The summed E-state index contributed by atoms with van der Waals surface area (Å²) in [7, 11) is 0. The number of H-pyrrole nitrogens is 1. The minimum absolute atomic E-state index is 0.0748. The van der Waals surface area contributed by atoms with Gasteiger partial charge in [-0.2, -0.15) is 5.10 Å². The van der Waals surface area contributed by atoms with Gasteiger partial charge in [0.1, 0.15) is 11.3 Å². The molecule has 0 saturated carbocycles. The lowest BCUT2D eigenvalue weighted by molar-refractivity contribution is -0.121. The van der Waals surface area contributed by atoms with E-state index >= 15 is 0 Å². The number of hydrogen-bond donors (Lipinski definition) is 4. The van der Waals surface area contributed by atoms with Crippen molar-refractivity contribution in [1.82, 2.24) is 20.8 Å². The number of amides is 3. The van der Waals surface area contributed by atoms with Crippen molar-refractivity contribution in [2.45, 2.75) is 39.3 Å². The molecule has 0 aliphatic carbocycles. The van der Waals surface area contributed by atoms with Gasteiger partial charge < -0.3 is 20.7 Å². The molecule has 10 nitrogen and oxygen atoms in total. The van der Waals surface area contributed by atoms with E-state index in [1.807, 2.05) is 0 Å². The highest BCUT2D eigenvalue weighted by Gasteiger charge is 2.16. The van der Waals surface area contributed by atoms with Crippen LogP contribution in [-0.4, -0.2) is 40.3 Å². The SMILES string of the molecule is CC(C)(C)OC(=O)NCCC(=O)NCc1cccc(NC(=O)c2ccc(=O)[nH]n2)c1. The molecule has 1 aromatic carbocycles. The van der Waals surface area contributed by atoms with Crippen molar-refractivity contribution in [3.63, 3.8) is 0 Å². The van der Waals surface area contributed by atoms with Gasteiger partial charge in [0.15, 0.2) is 0 Å². The highest BCUT2D eigenvalue weighted by Crippen LogP contribution is 2.11. The smallest absolute Gasteiger partial charge is 0.407 e. The van der Waals surface area contributed by atoms with Crippen LogP contribution < -0.4 is 21.5 Å². The number of nitrogens with one attached hydrogen (secondary N) is 4. The molecule has 0 aliphatic rings. The van der Waals surface area contributed by atoms with E-state index in [1.165, 1.54) is 12.1 Å². The van der Waals surface area contributed by atoms with E-state index in [0.29, 0.717) is 5.69 Å². The first-order chi connectivity index (χ1) is 14.1. The van der Waals surface area contributed by atoms with Crippen LogP contribution in [0.5, 0.6) is 0 Å². The van der Waals surface area contributed by atoms with Gasteiger partial charge in [-0.15, -0.1) is 0 Å². The zero-order chi connectivity index (χ0) is 22.1. The highest BCUT2D eigenvalue weighted by atomic mass is 16.6. The summed E-state index contributed by atoms with van der Waals surface area (Å²) in [4.78, 5) is 46.7. The van der Waals surface area contributed by atoms with Crippen molar-refractivity contribution in [3.05, 3.63) is 58.0 Å². The van der Waals surface area contributed by atoms with Gasteiger partial charge in [0.25, 0.3) is 11.5 Å². The molecule has 0 spiro atoms. The van der Waals surface area contributed by atoms with E-state index in [1.54, 1.807) is 45.0 Å². The molecule has 0 aliphatic heterocycles. The lowest BCUT2D eigenvalue weighted by atomic mass is 10.2. The van der Waals surface area contributed by atoms with Crippen LogP contribution in [0.2, 0.25) is 0 Å². The zero-order valence-corrected chi connectivity index (χ0v) is 17.1. The maximum absolute atomic E-state index is 12.2. The van der Waals surface area contributed by atoms with Crippen molar-refractivity contribution in [2.24, 2.45) is 0 Å². The van der Waals surface area contributed by atoms with Crippen LogP contribution in [0.1, 0.15) is 43.2 Å². The number of alkyl carbamates (subject to hydrolysis) is 1. The fraction of sp³-hybridized carbons (Fsp3) is 0.350. The van der Waals surface area contributed by atoms with Gasteiger partial charge in [-0.25, -0.2) is 9.89 Å². The maximum atomic E-state index is 12.2. The molecule has 1 aromatic heterocycles. The van der Waals surface area contributed by atoms with Gasteiger partial charge in [-0.3, -0.25) is 14.4 Å². The number of rotatable bonds is 7. The van der Waals surface area contributed by atoms with E-state index < -0.39 is 23.2 Å². The Labute approximate surface area is 173 Å². The van der Waals surface area contributed by atoms with Crippen molar-refractivity contribution in [1.29, 1.82) is 0 Å². The first-order valence-electron chi connectivity index (χ1n) is 9.32. The standard InChI is InChI=1S/C20H25N5O5/c1-20(2,3)30-19(29)21-10-9-16(26)22-12-13-5-4-6-14(11-13)23-18(28)15-7-8-17(27)25-24-15/h4-8,11H,9-10,12H2,1-3H3,(H,21,29)(H,22,26)(H,23,28)(H,25,27). The Morgan fingerprint density at radius 2 is 1.87 bits per heavy atom. The third kappa shape index (κ3) is 8.13. The van der Waals surface area contributed by atoms with Crippen LogP contribution >= 0.6 is 0 Å². The predicted molar refractivity (Wildman–Crippen MR) is 110 cm³/mol. The minimum atomic E-state index is -0.597. The number of nitrogens with zero attached hydrogens (tertiary/aromatic N) is 1. The highest BCUT2D eigenvalue weighted by molar-refractivity contribution is 6.02. The third-order valence-electron chi connectivity index (χ3n) is 3.61. The van der Waals surface area contributed by atoms with Gasteiger partial charge >= 0.3 is 6.09 Å². The molecular formula is C20H25N5O5. The van der Waals surface area contributed by atoms with Gasteiger partial charge in [0.2, 0.25) is 5.91 Å². The molecule has 0 saturated heterocycles. The maximum Gasteiger partial charge on any atom is 0.407 e. The van der Waals surface area contributed by atoms with Crippen LogP contribution in [0.4, 0.5) is 10.5 Å². The van der Waals surface area contributed by atoms with Crippen molar-refractivity contribution in [2.75, 3.05) is 11.9 Å². The van der Waals surface area contributed by atoms with Crippen LogP contribution in [0, 0.1) is 0 Å². The summed E-state index contributed by atoms with van der Waals surface area (Å²) >= 11 is 0. The fourth-order valence-electron chi connectivity index (χ4n) is 2.31. The molecule has 3 amide bonds. The number of ether oxygens (including phenoxy) is 1. The summed E-state index contributed by atoms with van der Waals surface area (Å²) in [5.41, 5.74) is 0.374. The summed E-state index contributed by atoms with van der Waals surface area (Å²) in [5, 5.41) is 13.8. The molecule has 0 unspecified atom stereocenters. The molecule has 0 fully saturated rings. The first kappa shape index (κ1) is 22.6. The quantitative estimate of drug-likeness (QED) is 0.540. The molecule has 1 heterocycles. The summed E-state index contributed by atoms with van der Waals surface area (Å²) in [6, 6.07) is 9.48. The zero-order valence-electron chi connectivity index (χ0n) is 17.1. The lowest BCUT2D eigenvalue weighted by Crippen LogP contribution is -2.35. The predicted octanol–water partition coefficient (Wildman–Crippen LogP) is 1.55. The Balaban J connectivity index is 1.79. The summed E-state index contributed by atoms with van der Waals surface area (Å²) in [5.74, 6) is -0.710. The molecule has 160 valence electrons. The Morgan fingerprint density at radius 1 is 1.10 bits per heavy atom. The van der Waals surface area contributed by atoms with E-state index in [4.69, 9.17) is 4.74 Å². The number of carbonyl (C=O) groups excluding carboxylic acids is 3. The average Bonchev–Trinajstić information content (AvgIpc) is 2.66. The van der Waals surface area contributed by atoms with Crippen LogP contribution in [0.3, 0.4) is 0 Å². The minimum Gasteiger partial charge on any atom is -0.444 e. The van der Waals surface area contributed by atoms with Crippen LogP contribution in [-0.2, 0) is 16.1 Å². The Kier molecular flexibility index (Phi) is 7.68. The van der Waals surface area contributed by atoms with Crippen LogP contribution in [0.25, 0.3) is 0 Å². The molecule has 0 bridgehead atoms. The fourth-order valence-corrected chi connectivity index (χ4v) is 2.31. The number of aromatic nitrogens is 2. The van der Waals surface area contributed by atoms with E-state index in [-0.39, 0.29) is 31.1 Å². The average molecular weight is 415 g/mol. The lowest BCUT2D eigenvalue weighted by Gasteiger charge is -2.19. The summed E-state index contributed by atoms with van der Waals surface area (Å²) < 4.78 is 5.09. The number of benzene rings is 1. The normalized spacial score (nSPS) is 10.8. The topological polar surface area (TPSA) is 142 Å². The molecule has 0 atom stereocenters. The second-order valence-electron chi connectivity index (χ2n) is 7.42. The van der Waals surface area contributed by atoms with E-state index in [0.717, 1.165) is 5.56 Å². The molecule has 2 aromatic rings. The number of hydrogen-bond acceptors (Lipinski definition) is 6. The van der Waals surface area contributed by atoms with E-state index in [9.17, 15) is 19.2 Å². The Bertz CT molecular complexity index is 944. The van der Waals surface area contributed by atoms with Gasteiger partial charge in [-0.1, -0.05) is 12.1 Å².